The summed E-state index contributed by atoms with van der Waals surface area (Å²) < 4.78 is 26.0. The van der Waals surface area contributed by atoms with Crippen LogP contribution in [0.25, 0.3) is 0 Å². The van der Waals surface area contributed by atoms with Gasteiger partial charge in [0.05, 0.1) is 27.8 Å². The number of nitrogens with zero attached hydrogens (tertiary/aromatic N) is 2. The molecule has 2 N–H and O–H groups in total. The van der Waals surface area contributed by atoms with Gasteiger partial charge in [0.2, 0.25) is 0 Å². The number of rotatable bonds is 3. The van der Waals surface area contributed by atoms with E-state index in [1.165, 1.54) is 30.3 Å². The minimum atomic E-state index is -4.13. The monoisotopic (exact) mass is 326 g/mol. The first-order valence-electron chi connectivity index (χ1n) is 6.29. The lowest BCUT2D eigenvalue weighted by atomic mass is 10.2. The normalized spacial score (nSPS) is 10.2. The van der Waals surface area contributed by atoms with Crippen LogP contribution in [-0.4, -0.2) is 14.4 Å². The number of carbonyl (C=O) groups excluding carboxylic acids is 1. The Morgan fingerprint density at radius 1 is 1.00 bits per heavy atom. The fourth-order valence-corrected chi connectivity index (χ4v) is 2.70. The zero-order valence-electron chi connectivity index (χ0n) is 11.6. The first-order chi connectivity index (χ1) is 11.0. The molecule has 0 radical (unpaired) electrons. The van der Waals surface area contributed by atoms with E-state index in [9.17, 15) is 13.2 Å². The third-order valence-electron chi connectivity index (χ3n) is 2.80. The van der Waals surface area contributed by atoms with Crippen LogP contribution >= 0.6 is 0 Å². The van der Waals surface area contributed by atoms with E-state index in [1.807, 2.05) is 16.9 Å². The van der Waals surface area contributed by atoms with Crippen molar-refractivity contribution in [3.05, 3.63) is 59.7 Å². The van der Waals surface area contributed by atoms with Crippen LogP contribution in [0.15, 0.2) is 53.4 Å². The molecular formula is C15H10N4O3S. The molecule has 0 saturated heterocycles. The molecule has 2 aromatic carbocycles. The van der Waals surface area contributed by atoms with Crippen molar-refractivity contribution in [2.75, 3.05) is 5.32 Å². The average molecular weight is 326 g/mol. The smallest absolute Gasteiger partial charge is 0.306 e. The highest BCUT2D eigenvalue weighted by Crippen LogP contribution is 2.14. The Balaban J connectivity index is 2.19. The molecule has 7 nitrogen and oxygen atoms in total. The number of amides is 2. The van der Waals surface area contributed by atoms with Gasteiger partial charge in [0.1, 0.15) is 6.07 Å². The van der Waals surface area contributed by atoms with Gasteiger partial charge in [-0.3, -0.25) is 0 Å². The van der Waals surface area contributed by atoms with Crippen molar-refractivity contribution in [3.63, 3.8) is 0 Å². The molecule has 8 heteroatoms. The predicted molar refractivity (Wildman–Crippen MR) is 81.7 cm³/mol. The van der Waals surface area contributed by atoms with Gasteiger partial charge in [-0.1, -0.05) is 18.2 Å². The Hall–Kier alpha value is -3.36. The number of nitriles is 2. The van der Waals surface area contributed by atoms with Gasteiger partial charge in [0.15, 0.2) is 0 Å². The van der Waals surface area contributed by atoms with Crippen molar-refractivity contribution >= 4 is 21.7 Å². The van der Waals surface area contributed by atoms with Crippen LogP contribution in [0.3, 0.4) is 0 Å². The van der Waals surface area contributed by atoms with Crippen LogP contribution in [0.1, 0.15) is 11.1 Å². The van der Waals surface area contributed by atoms with Gasteiger partial charge in [-0.05, 0) is 30.3 Å². The third-order valence-corrected chi connectivity index (χ3v) is 4.12. The maximum absolute atomic E-state index is 12.1. The summed E-state index contributed by atoms with van der Waals surface area (Å²) in [7, 11) is -4.13. The second kappa shape index (κ2) is 6.60. The number of anilines is 1. The molecule has 0 unspecified atom stereocenters. The van der Waals surface area contributed by atoms with Crippen LogP contribution in [-0.2, 0) is 10.0 Å². The highest BCUT2D eigenvalue weighted by Gasteiger charge is 2.18. The maximum Gasteiger partial charge on any atom is 0.333 e. The summed E-state index contributed by atoms with van der Waals surface area (Å²) in [6, 6.07) is 14.1. The molecule has 0 bridgehead atoms. The van der Waals surface area contributed by atoms with Gasteiger partial charge in [0, 0.05) is 0 Å². The van der Waals surface area contributed by atoms with Gasteiger partial charge in [-0.2, -0.15) is 10.5 Å². The fourth-order valence-electron chi connectivity index (χ4n) is 1.75. The van der Waals surface area contributed by atoms with Crippen LogP contribution in [0, 0.1) is 22.7 Å². The molecule has 0 heterocycles. The molecule has 2 rings (SSSR count). The lowest BCUT2D eigenvalue weighted by molar-refractivity contribution is 0.256. The van der Waals surface area contributed by atoms with E-state index in [2.05, 4.69) is 5.32 Å². The molecule has 0 spiro atoms. The van der Waals surface area contributed by atoms with E-state index in [0.717, 1.165) is 6.07 Å². The number of urea groups is 1. The minimum Gasteiger partial charge on any atom is -0.306 e. The second-order valence-electron chi connectivity index (χ2n) is 4.36. The molecule has 0 aliphatic carbocycles. The molecule has 0 aliphatic heterocycles. The van der Waals surface area contributed by atoms with E-state index in [-0.39, 0.29) is 21.7 Å². The Morgan fingerprint density at radius 2 is 1.74 bits per heavy atom. The highest BCUT2D eigenvalue weighted by molar-refractivity contribution is 7.90. The van der Waals surface area contributed by atoms with E-state index in [1.54, 1.807) is 12.1 Å². The Kier molecular flexibility index (Phi) is 4.60. The van der Waals surface area contributed by atoms with E-state index < -0.39 is 16.1 Å². The summed E-state index contributed by atoms with van der Waals surface area (Å²) in [5.41, 5.74) is 0.545. The van der Waals surface area contributed by atoms with Gasteiger partial charge >= 0.3 is 6.03 Å². The van der Waals surface area contributed by atoms with Crippen molar-refractivity contribution in [3.8, 4) is 12.1 Å². The van der Waals surface area contributed by atoms with Crippen molar-refractivity contribution in [1.82, 2.24) is 4.72 Å². The van der Waals surface area contributed by atoms with Crippen LogP contribution in [0.5, 0.6) is 0 Å². The quantitative estimate of drug-likeness (QED) is 0.892. The molecular weight excluding hydrogens is 316 g/mol. The lowest BCUT2D eigenvalue weighted by Crippen LogP contribution is -2.34. The molecule has 0 fully saturated rings. The number of hydrogen-bond donors (Lipinski definition) is 2. The number of nitrogens with one attached hydrogen (secondary N) is 2. The summed E-state index contributed by atoms with van der Waals surface area (Å²) in [6.07, 6.45) is 0. The second-order valence-corrected chi connectivity index (χ2v) is 6.04. The Morgan fingerprint density at radius 3 is 2.43 bits per heavy atom. The fraction of sp³-hybridized carbons (Fsp3) is 0. The largest absolute Gasteiger partial charge is 0.333 e. The van der Waals surface area contributed by atoms with Crippen molar-refractivity contribution in [2.24, 2.45) is 0 Å². The van der Waals surface area contributed by atoms with Crippen molar-refractivity contribution in [2.45, 2.75) is 4.90 Å². The van der Waals surface area contributed by atoms with E-state index in [4.69, 9.17) is 10.5 Å². The van der Waals surface area contributed by atoms with Gasteiger partial charge in [-0.15, -0.1) is 0 Å². The van der Waals surface area contributed by atoms with Crippen molar-refractivity contribution in [1.29, 1.82) is 10.5 Å². The van der Waals surface area contributed by atoms with Crippen LogP contribution in [0.4, 0.5) is 10.5 Å². The molecule has 0 atom stereocenters. The van der Waals surface area contributed by atoms with Gasteiger partial charge in [-0.25, -0.2) is 17.9 Å². The number of hydrogen-bond acceptors (Lipinski definition) is 5. The maximum atomic E-state index is 12.1. The topological polar surface area (TPSA) is 123 Å². The first kappa shape index (κ1) is 16.0. The number of benzene rings is 2. The molecule has 114 valence electrons. The van der Waals surface area contributed by atoms with Crippen molar-refractivity contribution < 1.29 is 13.2 Å². The van der Waals surface area contributed by atoms with Gasteiger partial charge in [0.25, 0.3) is 10.0 Å². The van der Waals surface area contributed by atoms with Gasteiger partial charge < -0.3 is 5.32 Å². The standard InChI is InChI=1S/C15H10N4O3S/c16-9-11-4-3-6-13(8-11)23(21,22)19-15(20)18-14-7-2-1-5-12(14)10-17/h1-8H,(H2,18,19,20). The Bertz CT molecular complexity index is 940. The third kappa shape index (κ3) is 3.84. The number of para-hydroxylation sites is 1. The molecule has 23 heavy (non-hydrogen) atoms. The summed E-state index contributed by atoms with van der Waals surface area (Å²) >= 11 is 0. The first-order valence-corrected chi connectivity index (χ1v) is 7.77. The predicted octanol–water partition coefficient (Wildman–Crippen LogP) is 1.94. The highest BCUT2D eigenvalue weighted by atomic mass is 32.2. The summed E-state index contributed by atoms with van der Waals surface area (Å²) in [5.74, 6) is 0. The zero-order chi connectivity index (χ0) is 16.9. The number of carbonyl (C=O) groups is 1. The Labute approximate surface area is 132 Å². The average Bonchev–Trinajstić information content (AvgIpc) is 2.55. The SMILES string of the molecule is N#Cc1cccc(S(=O)(=O)NC(=O)Nc2ccccc2C#N)c1. The molecule has 0 aliphatic rings. The van der Waals surface area contributed by atoms with E-state index >= 15 is 0 Å². The molecule has 0 saturated carbocycles. The minimum absolute atomic E-state index is 0.156. The number of sulfonamides is 1. The van der Waals surface area contributed by atoms with Crippen LogP contribution < -0.4 is 10.0 Å². The molecule has 0 aromatic heterocycles. The van der Waals surface area contributed by atoms with E-state index in [0.29, 0.717) is 0 Å². The van der Waals surface area contributed by atoms with Crippen LogP contribution in [0.2, 0.25) is 0 Å². The lowest BCUT2D eigenvalue weighted by Gasteiger charge is -2.09. The molecule has 2 amide bonds. The summed E-state index contributed by atoms with van der Waals surface area (Å²) in [6.45, 7) is 0. The molecule has 2 aromatic rings. The summed E-state index contributed by atoms with van der Waals surface area (Å²) in [4.78, 5) is 11.6. The zero-order valence-corrected chi connectivity index (χ0v) is 12.5. The summed E-state index contributed by atoms with van der Waals surface area (Å²) in [5, 5.41) is 20.0.